The number of hydrogen-bond donors (Lipinski definition) is 2. The highest BCUT2D eigenvalue weighted by atomic mass is 28.3. The van der Waals surface area contributed by atoms with Crippen LogP contribution < -0.4 is 25.3 Å². The first-order valence-corrected chi connectivity index (χ1v) is 12.7. The number of carbonyl (C=O) groups is 1. The number of hydrogen-bond acceptors (Lipinski definition) is 4. The smallest absolute Gasteiger partial charge is 0.246 e. The first kappa shape index (κ1) is 18.9. The summed E-state index contributed by atoms with van der Waals surface area (Å²) >= 11 is 0. The second-order valence-electron chi connectivity index (χ2n) is 8.06. The fourth-order valence-electron chi connectivity index (χ4n) is 3.84. The zero-order chi connectivity index (χ0) is 20.1. The summed E-state index contributed by atoms with van der Waals surface area (Å²) in [6.45, 7) is 6.37. The molecule has 0 bridgehead atoms. The SMILES string of the molecule is C[Si](C)(C)c1c(F)cc(NC(=O)[C@@H]2NCCc3c2ccc2c3OCO2)cc1F. The van der Waals surface area contributed by atoms with Crippen molar-refractivity contribution in [3.63, 3.8) is 0 Å². The molecule has 0 saturated carbocycles. The number of rotatable bonds is 3. The predicted molar refractivity (Wildman–Crippen MR) is 105 cm³/mol. The standard InChI is InChI=1S/C20H22F2N2O3Si/c1-28(2,3)19-14(21)8-11(9-15(19)22)24-20(25)17-12-4-5-16-18(27-10-26-16)13(12)6-7-23-17/h4-5,8-9,17,23H,6-7,10H2,1-3H3,(H,24,25)/t17-/m1/s1. The van der Waals surface area contributed by atoms with Gasteiger partial charge < -0.3 is 20.1 Å². The molecule has 2 heterocycles. The van der Waals surface area contributed by atoms with E-state index in [4.69, 9.17) is 9.47 Å². The number of anilines is 1. The minimum absolute atomic E-state index is 0.108. The van der Waals surface area contributed by atoms with E-state index < -0.39 is 25.8 Å². The van der Waals surface area contributed by atoms with E-state index in [1.807, 2.05) is 25.7 Å². The first-order valence-electron chi connectivity index (χ1n) is 9.21. The van der Waals surface area contributed by atoms with Gasteiger partial charge >= 0.3 is 0 Å². The van der Waals surface area contributed by atoms with Crippen molar-refractivity contribution in [2.45, 2.75) is 32.1 Å². The van der Waals surface area contributed by atoms with E-state index in [0.717, 1.165) is 11.1 Å². The van der Waals surface area contributed by atoms with E-state index in [1.165, 1.54) is 12.1 Å². The van der Waals surface area contributed by atoms with Crippen LogP contribution in [0, 0.1) is 11.6 Å². The zero-order valence-corrected chi connectivity index (χ0v) is 17.0. The molecular formula is C20H22F2N2O3Si. The fourth-order valence-corrected chi connectivity index (χ4v) is 5.41. The first-order chi connectivity index (χ1) is 13.3. The summed E-state index contributed by atoms with van der Waals surface area (Å²) in [7, 11) is -2.18. The minimum Gasteiger partial charge on any atom is -0.454 e. The van der Waals surface area contributed by atoms with Crippen LogP contribution in [0.15, 0.2) is 24.3 Å². The van der Waals surface area contributed by atoms with E-state index in [9.17, 15) is 13.6 Å². The molecule has 2 aromatic carbocycles. The molecule has 0 fully saturated rings. The molecule has 8 heteroatoms. The highest BCUT2D eigenvalue weighted by molar-refractivity contribution is 6.88. The number of halogens is 2. The van der Waals surface area contributed by atoms with Crippen molar-refractivity contribution in [1.29, 1.82) is 0 Å². The molecule has 0 saturated heterocycles. The van der Waals surface area contributed by atoms with Gasteiger partial charge in [-0.15, -0.1) is 0 Å². The van der Waals surface area contributed by atoms with E-state index in [2.05, 4.69) is 10.6 Å². The Morgan fingerprint density at radius 1 is 1.18 bits per heavy atom. The molecule has 5 nitrogen and oxygen atoms in total. The van der Waals surface area contributed by atoms with Crippen LogP contribution in [-0.4, -0.2) is 27.3 Å². The molecule has 0 radical (unpaired) electrons. The Morgan fingerprint density at radius 2 is 1.89 bits per heavy atom. The second kappa shape index (κ2) is 6.86. The molecule has 2 aromatic rings. The molecule has 0 unspecified atom stereocenters. The highest BCUT2D eigenvalue weighted by Gasteiger charge is 2.32. The lowest BCUT2D eigenvalue weighted by Crippen LogP contribution is -2.42. The summed E-state index contributed by atoms with van der Waals surface area (Å²) in [4.78, 5) is 12.9. The maximum Gasteiger partial charge on any atom is 0.246 e. The van der Waals surface area contributed by atoms with Crippen LogP contribution in [0.2, 0.25) is 19.6 Å². The third kappa shape index (κ3) is 3.27. The van der Waals surface area contributed by atoms with Gasteiger partial charge in [-0.25, -0.2) is 8.78 Å². The van der Waals surface area contributed by atoms with Gasteiger partial charge in [0.1, 0.15) is 17.7 Å². The maximum absolute atomic E-state index is 14.5. The molecule has 1 amide bonds. The van der Waals surface area contributed by atoms with Gasteiger partial charge in [-0.05, 0) is 30.2 Å². The number of nitrogens with one attached hydrogen (secondary N) is 2. The summed E-state index contributed by atoms with van der Waals surface area (Å²) in [6.07, 6.45) is 0.708. The van der Waals surface area contributed by atoms with Crippen molar-refractivity contribution in [3.8, 4) is 11.5 Å². The van der Waals surface area contributed by atoms with Crippen LogP contribution in [0.5, 0.6) is 11.5 Å². The van der Waals surface area contributed by atoms with Crippen LogP contribution in [0.25, 0.3) is 0 Å². The van der Waals surface area contributed by atoms with Gasteiger partial charge in [0.2, 0.25) is 12.7 Å². The van der Waals surface area contributed by atoms with Crippen LogP contribution >= 0.6 is 0 Å². The normalized spacial score (nSPS) is 18.0. The number of amides is 1. The van der Waals surface area contributed by atoms with Crippen molar-refractivity contribution in [1.82, 2.24) is 5.32 Å². The van der Waals surface area contributed by atoms with Gasteiger partial charge in [-0.2, -0.15) is 0 Å². The lowest BCUT2D eigenvalue weighted by Gasteiger charge is -2.27. The minimum atomic E-state index is -2.18. The lowest BCUT2D eigenvalue weighted by atomic mass is 9.92. The Kier molecular flexibility index (Phi) is 4.63. The van der Waals surface area contributed by atoms with Crippen molar-refractivity contribution >= 4 is 24.9 Å². The van der Waals surface area contributed by atoms with Crippen molar-refractivity contribution < 1.29 is 23.0 Å². The fraction of sp³-hybridized carbons (Fsp3) is 0.350. The van der Waals surface area contributed by atoms with Crippen molar-refractivity contribution in [2.75, 3.05) is 18.7 Å². The highest BCUT2D eigenvalue weighted by Crippen LogP contribution is 2.41. The summed E-state index contributed by atoms with van der Waals surface area (Å²) in [6, 6.07) is 5.35. The molecule has 148 valence electrons. The van der Waals surface area contributed by atoms with Crippen LogP contribution in [-0.2, 0) is 11.2 Å². The second-order valence-corrected chi connectivity index (χ2v) is 13.1. The summed E-state index contributed by atoms with van der Waals surface area (Å²) in [5, 5.41) is 5.94. The molecule has 2 N–H and O–H groups in total. The average molecular weight is 404 g/mol. The third-order valence-electron chi connectivity index (χ3n) is 5.03. The maximum atomic E-state index is 14.5. The van der Waals surface area contributed by atoms with E-state index in [0.29, 0.717) is 24.5 Å². The van der Waals surface area contributed by atoms with Crippen LogP contribution in [0.4, 0.5) is 14.5 Å². The number of fused-ring (bicyclic) bond motifs is 3. The van der Waals surface area contributed by atoms with Gasteiger partial charge in [0, 0.05) is 23.0 Å². The average Bonchev–Trinajstić information content (AvgIpc) is 3.08. The monoisotopic (exact) mass is 404 g/mol. The van der Waals surface area contributed by atoms with Crippen molar-refractivity contribution in [2.24, 2.45) is 0 Å². The van der Waals surface area contributed by atoms with Crippen molar-refractivity contribution in [3.05, 3.63) is 47.0 Å². The molecular weight excluding hydrogens is 382 g/mol. The zero-order valence-electron chi connectivity index (χ0n) is 16.0. The van der Waals surface area contributed by atoms with Gasteiger partial charge in [0.25, 0.3) is 0 Å². The summed E-state index contributed by atoms with van der Waals surface area (Å²) in [5.74, 6) is -0.261. The number of ether oxygens (including phenoxy) is 2. The molecule has 28 heavy (non-hydrogen) atoms. The van der Waals surface area contributed by atoms with E-state index in [1.54, 1.807) is 6.07 Å². The summed E-state index contributed by atoms with van der Waals surface area (Å²) in [5.41, 5.74) is 1.82. The Balaban J connectivity index is 1.61. The van der Waals surface area contributed by atoms with Gasteiger partial charge in [-0.3, -0.25) is 4.79 Å². The lowest BCUT2D eigenvalue weighted by molar-refractivity contribution is -0.118. The van der Waals surface area contributed by atoms with Gasteiger partial charge in [-0.1, -0.05) is 25.7 Å². The van der Waals surface area contributed by atoms with Crippen LogP contribution in [0.3, 0.4) is 0 Å². The summed E-state index contributed by atoms with van der Waals surface area (Å²) < 4.78 is 39.9. The Labute approximate surface area is 163 Å². The van der Waals surface area contributed by atoms with E-state index >= 15 is 0 Å². The predicted octanol–water partition coefficient (Wildman–Crippen LogP) is 3.06. The Bertz CT molecular complexity index is 936. The van der Waals surface area contributed by atoms with Gasteiger partial charge in [0.05, 0.1) is 8.07 Å². The third-order valence-corrected chi connectivity index (χ3v) is 7.01. The molecule has 2 aliphatic heterocycles. The molecule has 1 atom stereocenters. The molecule has 0 aromatic heterocycles. The Morgan fingerprint density at radius 3 is 2.57 bits per heavy atom. The molecule has 2 aliphatic rings. The van der Waals surface area contributed by atoms with Gasteiger partial charge in [0.15, 0.2) is 11.5 Å². The molecule has 4 rings (SSSR count). The molecule has 0 aliphatic carbocycles. The molecule has 0 spiro atoms. The topological polar surface area (TPSA) is 59.6 Å². The van der Waals surface area contributed by atoms with Crippen LogP contribution in [0.1, 0.15) is 17.2 Å². The largest absolute Gasteiger partial charge is 0.454 e. The number of carbonyl (C=O) groups excluding carboxylic acids is 1. The Hall–Kier alpha value is -2.45. The number of benzene rings is 2. The quantitative estimate of drug-likeness (QED) is 0.772. The van der Waals surface area contributed by atoms with E-state index in [-0.39, 0.29) is 23.6 Å².